The molecule has 2 heterocycles. The molecule has 0 unspecified atom stereocenters. The first-order valence-electron chi connectivity index (χ1n) is 8.35. The summed E-state index contributed by atoms with van der Waals surface area (Å²) in [6.45, 7) is 0. The Morgan fingerprint density at radius 1 is 1.23 bits per heavy atom. The van der Waals surface area contributed by atoms with Crippen LogP contribution in [-0.2, 0) is 4.79 Å². The Labute approximate surface area is 164 Å². The minimum atomic E-state index is -0.360. The third-order valence-corrected chi connectivity index (χ3v) is 6.10. The summed E-state index contributed by atoms with van der Waals surface area (Å²) in [4.78, 5) is 14.8. The highest BCUT2D eigenvalue weighted by atomic mass is 79.9. The van der Waals surface area contributed by atoms with Crippen LogP contribution < -0.4 is 10.6 Å². The molecular weight excluding hydrogens is 410 g/mol. The largest absolute Gasteiger partial charge is 0.384 e. The molecule has 0 bridgehead atoms. The molecule has 4 rings (SSSR count). The number of Topliss-reactive ketones (excluding diaryl/α,β-unsaturated/α-hetero) is 1. The summed E-state index contributed by atoms with van der Waals surface area (Å²) in [5.74, 6) is 0.171. The fraction of sp³-hybridized carbons (Fsp3) is 0.200. The van der Waals surface area contributed by atoms with Gasteiger partial charge in [0.15, 0.2) is 5.78 Å². The van der Waals surface area contributed by atoms with Gasteiger partial charge >= 0.3 is 0 Å². The number of anilines is 1. The maximum Gasteiger partial charge on any atom is 0.161 e. The number of hydrogen-bond acceptors (Lipinski definition) is 5. The Hall–Kier alpha value is -2.36. The normalized spacial score (nSPS) is 20.2. The van der Waals surface area contributed by atoms with Crippen molar-refractivity contribution in [2.24, 2.45) is 5.73 Å². The maximum atomic E-state index is 12.9. The molecule has 0 fully saturated rings. The van der Waals surface area contributed by atoms with Gasteiger partial charge in [-0.2, -0.15) is 16.6 Å². The van der Waals surface area contributed by atoms with Gasteiger partial charge in [0.1, 0.15) is 5.82 Å². The van der Waals surface area contributed by atoms with E-state index in [2.05, 4.69) is 22.0 Å². The Morgan fingerprint density at radius 3 is 2.65 bits per heavy atom. The van der Waals surface area contributed by atoms with Gasteiger partial charge in [0.2, 0.25) is 0 Å². The van der Waals surface area contributed by atoms with Crippen LogP contribution in [0.5, 0.6) is 0 Å². The highest BCUT2D eigenvalue weighted by Gasteiger charge is 2.40. The molecule has 1 atom stereocenters. The van der Waals surface area contributed by atoms with Crippen molar-refractivity contribution in [2.75, 3.05) is 4.90 Å². The Morgan fingerprint density at radius 2 is 2.00 bits per heavy atom. The quantitative estimate of drug-likeness (QED) is 0.748. The number of hydrogen-bond donors (Lipinski definition) is 1. The molecular formula is C20H16BrN3OS. The zero-order valence-corrected chi connectivity index (χ0v) is 16.3. The van der Waals surface area contributed by atoms with E-state index in [-0.39, 0.29) is 11.7 Å². The number of benzene rings is 1. The van der Waals surface area contributed by atoms with Crippen molar-refractivity contribution in [3.05, 3.63) is 73.8 Å². The number of halogens is 1. The first-order valence-corrected chi connectivity index (χ1v) is 10.1. The lowest BCUT2D eigenvalue weighted by Crippen LogP contribution is -2.38. The summed E-state index contributed by atoms with van der Waals surface area (Å²) in [7, 11) is 0. The number of allylic oxidation sites excluding steroid dienone is 3. The fourth-order valence-corrected chi connectivity index (χ4v) is 4.69. The van der Waals surface area contributed by atoms with E-state index in [0.29, 0.717) is 17.8 Å². The summed E-state index contributed by atoms with van der Waals surface area (Å²) in [6, 6.07) is 12.0. The van der Waals surface area contributed by atoms with Crippen LogP contribution in [0.3, 0.4) is 0 Å². The Bertz CT molecular complexity index is 967. The van der Waals surface area contributed by atoms with Crippen molar-refractivity contribution in [3.8, 4) is 6.07 Å². The van der Waals surface area contributed by atoms with Crippen molar-refractivity contribution >= 4 is 38.7 Å². The monoisotopic (exact) mass is 425 g/mol. The molecule has 1 aromatic heterocycles. The number of carbonyl (C=O) groups is 1. The molecule has 1 aliphatic heterocycles. The summed E-state index contributed by atoms with van der Waals surface area (Å²) in [5.41, 5.74) is 10.4. The molecule has 0 radical (unpaired) electrons. The Balaban J connectivity index is 1.96. The second kappa shape index (κ2) is 6.75. The van der Waals surface area contributed by atoms with E-state index in [4.69, 9.17) is 5.73 Å². The second-order valence-electron chi connectivity index (χ2n) is 6.35. The number of thiophene rings is 1. The maximum absolute atomic E-state index is 12.9. The van der Waals surface area contributed by atoms with Crippen molar-refractivity contribution in [2.45, 2.75) is 25.2 Å². The molecule has 0 spiro atoms. The van der Waals surface area contributed by atoms with Gasteiger partial charge in [0.25, 0.3) is 0 Å². The standard InChI is InChI=1S/C20H16BrN3OS/c21-13-4-6-14(7-5-13)24-16-2-1-3-17(25)19(16)18(12-8-9-26-11-12)15(10-22)20(24)23/h4-9,11,18H,1-3,23H2/t18-/m0/s1. The average molecular weight is 426 g/mol. The SMILES string of the molecule is N#CC1=C(N)N(c2ccc(Br)cc2)C2=C(C(=O)CCC2)[C@H]1c1ccsc1. The summed E-state index contributed by atoms with van der Waals surface area (Å²) >= 11 is 5.01. The molecule has 2 aromatic rings. The lowest BCUT2D eigenvalue weighted by Gasteiger charge is -2.39. The number of nitrogens with zero attached hydrogens (tertiary/aromatic N) is 2. The Kier molecular flexibility index (Phi) is 4.43. The highest BCUT2D eigenvalue weighted by molar-refractivity contribution is 9.10. The number of nitriles is 1. The van der Waals surface area contributed by atoms with Crippen LogP contribution in [0.25, 0.3) is 0 Å². The molecule has 4 nitrogen and oxygen atoms in total. The van der Waals surface area contributed by atoms with Crippen LogP contribution in [-0.4, -0.2) is 5.78 Å². The van der Waals surface area contributed by atoms with Crippen LogP contribution in [0, 0.1) is 11.3 Å². The van der Waals surface area contributed by atoms with Crippen LogP contribution in [0.1, 0.15) is 30.7 Å². The number of carbonyl (C=O) groups excluding carboxylic acids is 1. The van der Waals surface area contributed by atoms with E-state index in [9.17, 15) is 10.1 Å². The summed E-state index contributed by atoms with van der Waals surface area (Å²) in [5, 5.41) is 13.8. The lowest BCUT2D eigenvalue weighted by atomic mass is 9.76. The number of ketones is 1. The molecule has 2 aliphatic rings. The van der Waals surface area contributed by atoms with Gasteiger partial charge in [-0.1, -0.05) is 15.9 Å². The van der Waals surface area contributed by atoms with Gasteiger partial charge in [-0.3, -0.25) is 9.69 Å². The third-order valence-electron chi connectivity index (χ3n) is 4.87. The van der Waals surface area contributed by atoms with Crippen LogP contribution in [0.2, 0.25) is 0 Å². The van der Waals surface area contributed by atoms with E-state index in [0.717, 1.165) is 39.8 Å². The van der Waals surface area contributed by atoms with Crippen molar-refractivity contribution in [1.29, 1.82) is 5.26 Å². The van der Waals surface area contributed by atoms with Gasteiger partial charge in [-0.25, -0.2) is 0 Å². The van der Waals surface area contributed by atoms with E-state index in [1.807, 2.05) is 46.0 Å². The molecule has 6 heteroatoms. The minimum absolute atomic E-state index is 0.116. The molecule has 0 amide bonds. The van der Waals surface area contributed by atoms with Gasteiger partial charge < -0.3 is 5.73 Å². The summed E-state index contributed by atoms with van der Waals surface area (Å²) in [6.07, 6.45) is 2.10. The van der Waals surface area contributed by atoms with Gasteiger partial charge in [-0.05, 0) is 59.5 Å². The predicted molar refractivity (Wildman–Crippen MR) is 106 cm³/mol. The molecule has 0 saturated heterocycles. The number of nitrogens with two attached hydrogens (primary N) is 1. The lowest BCUT2D eigenvalue weighted by molar-refractivity contribution is -0.116. The fourth-order valence-electron chi connectivity index (χ4n) is 3.74. The van der Waals surface area contributed by atoms with E-state index in [1.54, 1.807) is 11.3 Å². The topological polar surface area (TPSA) is 70.1 Å². The van der Waals surface area contributed by atoms with Gasteiger partial charge in [-0.15, -0.1) is 0 Å². The molecule has 26 heavy (non-hydrogen) atoms. The molecule has 1 aliphatic carbocycles. The zero-order valence-electron chi connectivity index (χ0n) is 13.9. The van der Waals surface area contributed by atoms with Gasteiger partial charge in [0, 0.05) is 27.9 Å². The molecule has 2 N–H and O–H groups in total. The minimum Gasteiger partial charge on any atom is -0.384 e. The second-order valence-corrected chi connectivity index (χ2v) is 8.05. The van der Waals surface area contributed by atoms with Gasteiger partial charge in [0.05, 0.1) is 17.6 Å². The highest BCUT2D eigenvalue weighted by Crippen LogP contribution is 2.46. The van der Waals surface area contributed by atoms with E-state index >= 15 is 0 Å². The predicted octanol–water partition coefficient (Wildman–Crippen LogP) is 4.82. The van der Waals surface area contributed by atoms with Crippen LogP contribution in [0.15, 0.2) is 68.2 Å². The van der Waals surface area contributed by atoms with Crippen LogP contribution in [0.4, 0.5) is 5.69 Å². The first-order chi connectivity index (χ1) is 12.6. The molecule has 1 aromatic carbocycles. The average Bonchev–Trinajstić information content (AvgIpc) is 3.16. The van der Waals surface area contributed by atoms with Crippen molar-refractivity contribution < 1.29 is 4.79 Å². The van der Waals surface area contributed by atoms with E-state index < -0.39 is 0 Å². The van der Waals surface area contributed by atoms with Crippen molar-refractivity contribution in [1.82, 2.24) is 0 Å². The first kappa shape index (κ1) is 17.1. The smallest absolute Gasteiger partial charge is 0.161 e. The summed E-state index contributed by atoms with van der Waals surface area (Å²) < 4.78 is 0.964. The zero-order chi connectivity index (χ0) is 18.3. The third kappa shape index (κ3) is 2.68. The molecule has 0 saturated carbocycles. The van der Waals surface area contributed by atoms with Crippen LogP contribution >= 0.6 is 27.3 Å². The van der Waals surface area contributed by atoms with E-state index in [1.165, 1.54) is 0 Å². The van der Waals surface area contributed by atoms with Crippen molar-refractivity contribution in [3.63, 3.8) is 0 Å². The molecule has 130 valence electrons. The number of rotatable bonds is 2.